The van der Waals surface area contributed by atoms with E-state index in [0.717, 1.165) is 26.2 Å². The minimum absolute atomic E-state index is 0.610. The Morgan fingerprint density at radius 1 is 1.21 bits per heavy atom. The van der Waals surface area contributed by atoms with Gasteiger partial charge in [-0.05, 0) is 33.5 Å². The molecule has 1 aromatic rings. The van der Waals surface area contributed by atoms with E-state index in [2.05, 4.69) is 60.3 Å². The molecule has 2 atom stereocenters. The van der Waals surface area contributed by atoms with Crippen LogP contribution in [0.3, 0.4) is 0 Å². The van der Waals surface area contributed by atoms with Crippen LogP contribution in [0.5, 0.6) is 0 Å². The van der Waals surface area contributed by atoms with Crippen molar-refractivity contribution in [3.8, 4) is 0 Å². The Morgan fingerprint density at radius 3 is 2.53 bits per heavy atom. The van der Waals surface area contributed by atoms with Gasteiger partial charge < -0.3 is 5.32 Å². The molecule has 3 nitrogen and oxygen atoms in total. The molecule has 1 saturated heterocycles. The maximum Gasteiger partial charge on any atom is 0.0348 e. The van der Waals surface area contributed by atoms with Crippen molar-refractivity contribution in [3.05, 3.63) is 35.4 Å². The average molecular weight is 261 g/mol. The Morgan fingerprint density at radius 2 is 1.89 bits per heavy atom. The lowest BCUT2D eigenvalue weighted by molar-refractivity contribution is 0.0480. The fraction of sp³-hybridized carbons (Fsp3) is 0.625. The number of aryl methyl sites for hydroxylation is 1. The lowest BCUT2D eigenvalue weighted by atomic mass is 10.1. The van der Waals surface area contributed by atoms with Crippen LogP contribution in [0.25, 0.3) is 0 Å². The Balaban J connectivity index is 1.98. The number of nitrogens with zero attached hydrogens (tertiary/aromatic N) is 2. The second kappa shape index (κ2) is 6.51. The SMILES string of the molecule is CNCC1CN(Cc2ccc(C)cc2)CC(C)N1C. The van der Waals surface area contributed by atoms with Crippen LogP contribution in [-0.4, -0.2) is 55.6 Å². The van der Waals surface area contributed by atoms with Crippen molar-refractivity contribution in [3.63, 3.8) is 0 Å². The first-order valence-electron chi connectivity index (χ1n) is 7.24. The Labute approximate surface area is 117 Å². The van der Waals surface area contributed by atoms with Gasteiger partial charge in [0.15, 0.2) is 0 Å². The molecule has 0 spiro atoms. The maximum atomic E-state index is 3.31. The Kier molecular flexibility index (Phi) is 4.97. The topological polar surface area (TPSA) is 18.5 Å². The van der Waals surface area contributed by atoms with Gasteiger partial charge in [0, 0.05) is 38.3 Å². The largest absolute Gasteiger partial charge is 0.318 e. The predicted octanol–water partition coefficient (Wildman–Crippen LogP) is 1.72. The predicted molar refractivity (Wildman–Crippen MR) is 81.4 cm³/mol. The van der Waals surface area contributed by atoms with Crippen LogP contribution in [0.4, 0.5) is 0 Å². The summed E-state index contributed by atoms with van der Waals surface area (Å²) >= 11 is 0. The first kappa shape index (κ1) is 14.5. The van der Waals surface area contributed by atoms with Crippen molar-refractivity contribution in [2.45, 2.75) is 32.5 Å². The van der Waals surface area contributed by atoms with Crippen molar-refractivity contribution in [1.29, 1.82) is 0 Å². The van der Waals surface area contributed by atoms with Crippen LogP contribution < -0.4 is 5.32 Å². The molecular weight excluding hydrogens is 234 g/mol. The normalized spacial score (nSPS) is 25.7. The molecule has 1 heterocycles. The summed E-state index contributed by atoms with van der Waals surface area (Å²) in [4.78, 5) is 5.08. The van der Waals surface area contributed by atoms with Gasteiger partial charge in [0.2, 0.25) is 0 Å². The van der Waals surface area contributed by atoms with E-state index in [-0.39, 0.29) is 0 Å². The average Bonchev–Trinajstić information content (AvgIpc) is 2.38. The molecule has 1 aliphatic rings. The highest BCUT2D eigenvalue weighted by Crippen LogP contribution is 2.16. The number of benzene rings is 1. The quantitative estimate of drug-likeness (QED) is 0.890. The standard InChI is InChI=1S/C16H27N3/c1-13-5-7-15(8-6-13)11-19-10-14(2)18(4)16(12-19)9-17-3/h5-8,14,16-17H,9-12H2,1-4H3. The van der Waals surface area contributed by atoms with Gasteiger partial charge in [0.25, 0.3) is 0 Å². The summed E-state index contributed by atoms with van der Waals surface area (Å²) in [7, 11) is 4.29. The van der Waals surface area contributed by atoms with Gasteiger partial charge in [-0.2, -0.15) is 0 Å². The molecule has 2 rings (SSSR count). The monoisotopic (exact) mass is 261 g/mol. The van der Waals surface area contributed by atoms with Crippen LogP contribution >= 0.6 is 0 Å². The summed E-state index contributed by atoms with van der Waals surface area (Å²) in [5, 5.41) is 3.31. The van der Waals surface area contributed by atoms with E-state index in [1.807, 2.05) is 7.05 Å². The fourth-order valence-corrected chi connectivity index (χ4v) is 2.89. The molecule has 3 heteroatoms. The zero-order chi connectivity index (χ0) is 13.8. The van der Waals surface area contributed by atoms with Crippen molar-refractivity contribution in [2.75, 3.05) is 33.7 Å². The lowest BCUT2D eigenvalue weighted by Gasteiger charge is -2.44. The van der Waals surface area contributed by atoms with Crippen molar-refractivity contribution in [1.82, 2.24) is 15.1 Å². The Hall–Kier alpha value is -0.900. The summed E-state index contributed by atoms with van der Waals surface area (Å²) < 4.78 is 0. The number of rotatable bonds is 4. The molecule has 1 fully saturated rings. The molecule has 19 heavy (non-hydrogen) atoms. The smallest absolute Gasteiger partial charge is 0.0348 e. The Bertz CT molecular complexity index is 387. The third-order valence-electron chi connectivity index (χ3n) is 4.23. The summed E-state index contributed by atoms with van der Waals surface area (Å²) in [5.41, 5.74) is 2.76. The minimum atomic E-state index is 0.610. The van der Waals surface area contributed by atoms with Crippen LogP contribution in [0, 0.1) is 6.92 Å². The molecule has 1 aliphatic heterocycles. The molecule has 106 valence electrons. The van der Waals surface area contributed by atoms with Crippen LogP contribution in [0.2, 0.25) is 0 Å². The second-order valence-electron chi connectivity index (χ2n) is 5.91. The van der Waals surface area contributed by atoms with Gasteiger partial charge in [-0.15, -0.1) is 0 Å². The first-order chi connectivity index (χ1) is 9.10. The number of nitrogens with one attached hydrogen (secondary N) is 1. The summed E-state index contributed by atoms with van der Waals surface area (Å²) in [6, 6.07) is 10.2. The molecule has 0 amide bonds. The molecule has 1 aromatic carbocycles. The summed E-state index contributed by atoms with van der Waals surface area (Å²) in [6.07, 6.45) is 0. The van der Waals surface area contributed by atoms with Crippen LogP contribution in [-0.2, 0) is 6.54 Å². The summed E-state index contributed by atoms with van der Waals surface area (Å²) in [6.45, 7) is 8.90. The number of likely N-dealkylation sites (N-methyl/N-ethyl adjacent to an activating group) is 2. The molecule has 0 aliphatic carbocycles. The number of hydrogen-bond donors (Lipinski definition) is 1. The molecule has 0 bridgehead atoms. The van der Waals surface area contributed by atoms with Crippen molar-refractivity contribution in [2.24, 2.45) is 0 Å². The zero-order valence-corrected chi connectivity index (χ0v) is 12.7. The first-order valence-corrected chi connectivity index (χ1v) is 7.24. The van der Waals surface area contributed by atoms with E-state index >= 15 is 0 Å². The molecule has 0 saturated carbocycles. The van der Waals surface area contributed by atoms with E-state index in [1.54, 1.807) is 0 Å². The fourth-order valence-electron chi connectivity index (χ4n) is 2.89. The van der Waals surface area contributed by atoms with Gasteiger partial charge in [-0.3, -0.25) is 9.80 Å². The lowest BCUT2D eigenvalue weighted by Crippen LogP contribution is -2.58. The van der Waals surface area contributed by atoms with E-state index in [9.17, 15) is 0 Å². The molecule has 2 unspecified atom stereocenters. The van der Waals surface area contributed by atoms with Gasteiger partial charge in [0.1, 0.15) is 0 Å². The number of piperazine rings is 1. The maximum absolute atomic E-state index is 3.31. The third-order valence-corrected chi connectivity index (χ3v) is 4.23. The van der Waals surface area contributed by atoms with Gasteiger partial charge in [0.05, 0.1) is 0 Å². The van der Waals surface area contributed by atoms with Gasteiger partial charge >= 0.3 is 0 Å². The van der Waals surface area contributed by atoms with Crippen LogP contribution in [0.1, 0.15) is 18.1 Å². The highest BCUT2D eigenvalue weighted by molar-refractivity contribution is 5.21. The third kappa shape index (κ3) is 3.78. The van der Waals surface area contributed by atoms with Gasteiger partial charge in [-0.1, -0.05) is 29.8 Å². The zero-order valence-electron chi connectivity index (χ0n) is 12.7. The van der Waals surface area contributed by atoms with Gasteiger partial charge in [-0.25, -0.2) is 0 Å². The molecule has 1 N–H and O–H groups in total. The molecule has 0 radical (unpaired) electrons. The highest BCUT2D eigenvalue weighted by atomic mass is 15.3. The second-order valence-corrected chi connectivity index (χ2v) is 5.91. The van der Waals surface area contributed by atoms with E-state index < -0.39 is 0 Å². The molecule has 0 aromatic heterocycles. The van der Waals surface area contributed by atoms with Crippen LogP contribution in [0.15, 0.2) is 24.3 Å². The van der Waals surface area contributed by atoms with E-state index in [4.69, 9.17) is 0 Å². The summed E-state index contributed by atoms with van der Waals surface area (Å²) in [5.74, 6) is 0. The minimum Gasteiger partial charge on any atom is -0.318 e. The van der Waals surface area contributed by atoms with E-state index in [1.165, 1.54) is 11.1 Å². The highest BCUT2D eigenvalue weighted by Gasteiger charge is 2.28. The number of hydrogen-bond acceptors (Lipinski definition) is 3. The van der Waals surface area contributed by atoms with Crippen molar-refractivity contribution < 1.29 is 0 Å². The van der Waals surface area contributed by atoms with E-state index in [0.29, 0.717) is 12.1 Å². The van der Waals surface area contributed by atoms with Crippen molar-refractivity contribution >= 4 is 0 Å². The molecular formula is C16H27N3.